The molecular formula is C24H21FN4O4S. The SMILES string of the molecule is N#CCCNS(=O)(=O)c1ccc(C(=O)NCc2cccc(NC(=O)c3cccc(F)c3)c2)cc1. The van der Waals surface area contributed by atoms with Crippen molar-refractivity contribution in [3.8, 4) is 6.07 Å². The molecule has 174 valence electrons. The molecule has 2 amide bonds. The first-order chi connectivity index (χ1) is 16.3. The van der Waals surface area contributed by atoms with Crippen molar-refractivity contribution in [2.24, 2.45) is 0 Å². The number of hydrogen-bond donors (Lipinski definition) is 3. The molecule has 0 aliphatic rings. The van der Waals surface area contributed by atoms with Crippen molar-refractivity contribution in [3.63, 3.8) is 0 Å². The van der Waals surface area contributed by atoms with Crippen LogP contribution in [0.3, 0.4) is 0 Å². The Morgan fingerprint density at radius 3 is 2.35 bits per heavy atom. The van der Waals surface area contributed by atoms with Gasteiger partial charge in [0.1, 0.15) is 5.82 Å². The molecule has 10 heteroatoms. The van der Waals surface area contributed by atoms with Crippen LogP contribution in [0.4, 0.5) is 10.1 Å². The van der Waals surface area contributed by atoms with Gasteiger partial charge in [0.05, 0.1) is 11.0 Å². The van der Waals surface area contributed by atoms with Gasteiger partial charge in [0.2, 0.25) is 10.0 Å². The number of hydrogen-bond acceptors (Lipinski definition) is 5. The predicted octanol–water partition coefficient (Wildman–Crippen LogP) is 3.20. The second-order valence-corrected chi connectivity index (χ2v) is 8.94. The molecule has 0 unspecified atom stereocenters. The average Bonchev–Trinajstić information content (AvgIpc) is 2.83. The molecule has 0 aromatic heterocycles. The van der Waals surface area contributed by atoms with E-state index >= 15 is 0 Å². The van der Waals surface area contributed by atoms with Crippen LogP contribution in [0.2, 0.25) is 0 Å². The van der Waals surface area contributed by atoms with E-state index in [1.165, 1.54) is 42.5 Å². The minimum Gasteiger partial charge on any atom is -0.348 e. The third-order valence-electron chi connectivity index (χ3n) is 4.68. The molecule has 0 saturated heterocycles. The monoisotopic (exact) mass is 480 g/mol. The molecule has 0 bridgehead atoms. The summed E-state index contributed by atoms with van der Waals surface area (Å²) in [7, 11) is -3.76. The quantitative estimate of drug-likeness (QED) is 0.405. The predicted molar refractivity (Wildman–Crippen MR) is 124 cm³/mol. The van der Waals surface area contributed by atoms with Crippen LogP contribution in [-0.4, -0.2) is 26.8 Å². The molecule has 3 aromatic carbocycles. The van der Waals surface area contributed by atoms with E-state index in [0.29, 0.717) is 11.3 Å². The van der Waals surface area contributed by atoms with Gasteiger partial charge < -0.3 is 10.6 Å². The highest BCUT2D eigenvalue weighted by atomic mass is 32.2. The molecular weight excluding hydrogens is 459 g/mol. The Morgan fingerprint density at radius 2 is 1.65 bits per heavy atom. The number of sulfonamides is 1. The Labute approximate surface area is 196 Å². The van der Waals surface area contributed by atoms with E-state index in [0.717, 1.165) is 6.07 Å². The van der Waals surface area contributed by atoms with Gasteiger partial charge in [-0.25, -0.2) is 17.5 Å². The first kappa shape index (κ1) is 24.6. The summed E-state index contributed by atoms with van der Waals surface area (Å²) in [4.78, 5) is 24.7. The highest BCUT2D eigenvalue weighted by Gasteiger charge is 2.14. The summed E-state index contributed by atoms with van der Waals surface area (Å²) >= 11 is 0. The van der Waals surface area contributed by atoms with E-state index in [9.17, 15) is 22.4 Å². The van der Waals surface area contributed by atoms with E-state index in [2.05, 4.69) is 15.4 Å². The summed E-state index contributed by atoms with van der Waals surface area (Å²) in [5, 5.41) is 13.9. The van der Waals surface area contributed by atoms with E-state index in [4.69, 9.17) is 5.26 Å². The van der Waals surface area contributed by atoms with Crippen molar-refractivity contribution in [1.29, 1.82) is 5.26 Å². The summed E-state index contributed by atoms with van der Waals surface area (Å²) in [6.45, 7) is 0.168. The van der Waals surface area contributed by atoms with E-state index < -0.39 is 27.7 Å². The molecule has 3 rings (SSSR count). The maximum Gasteiger partial charge on any atom is 0.255 e. The number of carbonyl (C=O) groups excluding carboxylic acids is 2. The maximum absolute atomic E-state index is 13.3. The standard InChI is InChI=1S/C24H21FN4O4S/c25-20-6-2-5-19(15-20)24(31)29-21-7-1-4-17(14-21)16-27-23(30)18-8-10-22(11-9-18)34(32,33)28-13-3-12-26/h1-2,4-11,14-15,28H,3,13,16H2,(H,27,30)(H,29,31). The largest absolute Gasteiger partial charge is 0.348 e. The van der Waals surface area contributed by atoms with Crippen LogP contribution in [0.5, 0.6) is 0 Å². The highest BCUT2D eigenvalue weighted by Crippen LogP contribution is 2.14. The van der Waals surface area contributed by atoms with Gasteiger partial charge in [-0.05, 0) is 60.2 Å². The Morgan fingerprint density at radius 1 is 0.912 bits per heavy atom. The number of nitrogens with one attached hydrogen (secondary N) is 3. The first-order valence-corrected chi connectivity index (χ1v) is 11.7. The normalized spacial score (nSPS) is 10.8. The molecule has 8 nitrogen and oxygen atoms in total. The summed E-state index contributed by atoms with van der Waals surface area (Å²) in [5.41, 5.74) is 1.65. The topological polar surface area (TPSA) is 128 Å². The van der Waals surface area contributed by atoms with Gasteiger partial charge in [0.15, 0.2) is 0 Å². The zero-order valence-electron chi connectivity index (χ0n) is 17.9. The zero-order chi connectivity index (χ0) is 24.6. The van der Waals surface area contributed by atoms with Gasteiger partial charge in [-0.2, -0.15) is 5.26 Å². The Bertz CT molecular complexity index is 1340. The van der Waals surface area contributed by atoms with E-state index in [1.54, 1.807) is 24.3 Å². The van der Waals surface area contributed by atoms with Crippen LogP contribution in [0.1, 0.15) is 32.7 Å². The molecule has 0 fully saturated rings. The van der Waals surface area contributed by atoms with Gasteiger partial charge in [-0.1, -0.05) is 18.2 Å². The van der Waals surface area contributed by atoms with Crippen molar-refractivity contribution in [2.75, 3.05) is 11.9 Å². The summed E-state index contributed by atoms with van der Waals surface area (Å²) in [6, 6.07) is 19.4. The van der Waals surface area contributed by atoms with Crippen molar-refractivity contribution in [3.05, 3.63) is 95.3 Å². The molecule has 0 saturated carbocycles. The average molecular weight is 481 g/mol. The third kappa shape index (κ3) is 6.71. The lowest BCUT2D eigenvalue weighted by molar-refractivity contribution is 0.0949. The van der Waals surface area contributed by atoms with Crippen molar-refractivity contribution in [2.45, 2.75) is 17.9 Å². The van der Waals surface area contributed by atoms with Crippen LogP contribution < -0.4 is 15.4 Å². The molecule has 34 heavy (non-hydrogen) atoms. The van der Waals surface area contributed by atoms with Gasteiger partial charge in [-0.15, -0.1) is 0 Å². The number of amides is 2. The molecule has 3 aromatic rings. The fourth-order valence-corrected chi connectivity index (χ4v) is 4.02. The zero-order valence-corrected chi connectivity index (χ0v) is 18.7. The van der Waals surface area contributed by atoms with Crippen LogP contribution >= 0.6 is 0 Å². The fraction of sp³-hybridized carbons (Fsp3) is 0.125. The first-order valence-electron chi connectivity index (χ1n) is 10.2. The van der Waals surface area contributed by atoms with Crippen molar-refractivity contribution >= 4 is 27.5 Å². The van der Waals surface area contributed by atoms with Crippen LogP contribution in [0.25, 0.3) is 0 Å². The Hall–Kier alpha value is -4.07. The molecule has 0 aliphatic carbocycles. The second-order valence-electron chi connectivity index (χ2n) is 7.18. The van der Waals surface area contributed by atoms with Crippen LogP contribution in [-0.2, 0) is 16.6 Å². The van der Waals surface area contributed by atoms with Crippen molar-refractivity contribution < 1.29 is 22.4 Å². The number of anilines is 1. The second kappa shape index (κ2) is 11.2. The third-order valence-corrected chi connectivity index (χ3v) is 6.16. The van der Waals surface area contributed by atoms with E-state index in [-0.39, 0.29) is 35.5 Å². The smallest absolute Gasteiger partial charge is 0.255 e. The lowest BCUT2D eigenvalue weighted by Gasteiger charge is -2.10. The fourth-order valence-electron chi connectivity index (χ4n) is 2.99. The minimum atomic E-state index is -3.76. The van der Waals surface area contributed by atoms with Gasteiger partial charge in [-0.3, -0.25) is 9.59 Å². The van der Waals surface area contributed by atoms with Gasteiger partial charge in [0.25, 0.3) is 11.8 Å². The summed E-state index contributed by atoms with van der Waals surface area (Å²) in [6.07, 6.45) is 0.0510. The molecule has 0 atom stereocenters. The van der Waals surface area contributed by atoms with Gasteiger partial charge >= 0.3 is 0 Å². The molecule has 0 heterocycles. The van der Waals surface area contributed by atoms with Crippen molar-refractivity contribution in [1.82, 2.24) is 10.0 Å². The summed E-state index contributed by atoms with van der Waals surface area (Å²) in [5.74, 6) is -1.38. The number of benzene rings is 3. The minimum absolute atomic E-state index is 0.00280. The molecule has 0 aliphatic heterocycles. The number of nitrogens with zero attached hydrogens (tertiary/aromatic N) is 1. The number of halogens is 1. The number of nitriles is 1. The maximum atomic E-state index is 13.3. The van der Waals surface area contributed by atoms with Crippen LogP contribution in [0, 0.1) is 17.1 Å². The Balaban J connectivity index is 1.59. The number of carbonyl (C=O) groups is 2. The van der Waals surface area contributed by atoms with E-state index in [1.807, 2.05) is 6.07 Å². The Kier molecular flexibility index (Phi) is 8.08. The number of rotatable bonds is 9. The van der Waals surface area contributed by atoms with Crippen LogP contribution in [0.15, 0.2) is 77.7 Å². The highest BCUT2D eigenvalue weighted by molar-refractivity contribution is 7.89. The molecule has 0 spiro atoms. The lowest BCUT2D eigenvalue weighted by Crippen LogP contribution is -2.25. The van der Waals surface area contributed by atoms with Gasteiger partial charge in [0, 0.05) is 36.3 Å². The molecule has 0 radical (unpaired) electrons. The lowest BCUT2D eigenvalue weighted by atomic mass is 10.1. The summed E-state index contributed by atoms with van der Waals surface area (Å²) < 4.78 is 39.9. The molecule has 3 N–H and O–H groups in total.